The van der Waals surface area contributed by atoms with Crippen LogP contribution in [0.4, 0.5) is 5.69 Å². The lowest BCUT2D eigenvalue weighted by Crippen LogP contribution is -2.39. The molecule has 1 saturated heterocycles. The molecule has 2 heterocycles. The van der Waals surface area contributed by atoms with Gasteiger partial charge in [-0.05, 0) is 30.2 Å². The lowest BCUT2D eigenvalue weighted by Gasteiger charge is -2.21. The SMILES string of the molecule is Cc1ccccc1CN1N=N[C@@H]2C(=O)N(c3ccccc3Cl)C(=O)[C@@H]21. The fourth-order valence-electron chi connectivity index (χ4n) is 3.19. The van der Waals surface area contributed by atoms with Gasteiger partial charge in [-0.2, -0.15) is 5.11 Å². The third kappa shape index (κ3) is 2.49. The number of hydrogen-bond acceptors (Lipinski definition) is 5. The molecule has 2 atom stereocenters. The zero-order valence-corrected chi connectivity index (χ0v) is 14.2. The van der Waals surface area contributed by atoms with Crippen molar-refractivity contribution in [3.63, 3.8) is 0 Å². The molecule has 2 aliphatic rings. The van der Waals surface area contributed by atoms with Gasteiger partial charge < -0.3 is 0 Å². The van der Waals surface area contributed by atoms with Gasteiger partial charge in [-0.25, -0.2) is 4.90 Å². The maximum absolute atomic E-state index is 12.9. The lowest BCUT2D eigenvalue weighted by atomic mass is 10.1. The summed E-state index contributed by atoms with van der Waals surface area (Å²) in [7, 11) is 0. The van der Waals surface area contributed by atoms with Gasteiger partial charge in [0.1, 0.15) is 0 Å². The van der Waals surface area contributed by atoms with Crippen LogP contribution in [0.5, 0.6) is 0 Å². The van der Waals surface area contributed by atoms with E-state index in [1.165, 1.54) is 0 Å². The molecule has 0 aromatic heterocycles. The minimum Gasteiger partial charge on any atom is -0.271 e. The first-order chi connectivity index (χ1) is 12.1. The second-order valence-electron chi connectivity index (χ2n) is 6.08. The maximum Gasteiger partial charge on any atom is 0.263 e. The summed E-state index contributed by atoms with van der Waals surface area (Å²) in [6.07, 6.45) is 0. The van der Waals surface area contributed by atoms with Crippen LogP contribution >= 0.6 is 11.6 Å². The van der Waals surface area contributed by atoms with E-state index in [9.17, 15) is 9.59 Å². The van der Waals surface area contributed by atoms with Crippen LogP contribution in [0.3, 0.4) is 0 Å². The van der Waals surface area contributed by atoms with Gasteiger partial charge in [-0.3, -0.25) is 14.6 Å². The van der Waals surface area contributed by atoms with Crippen LogP contribution in [0, 0.1) is 6.92 Å². The van der Waals surface area contributed by atoms with Crippen LogP contribution in [0.25, 0.3) is 0 Å². The van der Waals surface area contributed by atoms with Crippen molar-refractivity contribution in [2.45, 2.75) is 25.6 Å². The van der Waals surface area contributed by atoms with Gasteiger partial charge in [0.2, 0.25) is 0 Å². The third-order valence-corrected chi connectivity index (χ3v) is 4.86. The molecular formula is C18H15ClN4O2. The van der Waals surface area contributed by atoms with E-state index in [1.807, 2.05) is 31.2 Å². The van der Waals surface area contributed by atoms with Crippen molar-refractivity contribution in [2.75, 3.05) is 4.90 Å². The fraction of sp³-hybridized carbons (Fsp3) is 0.222. The molecule has 1 fully saturated rings. The number of imide groups is 1. The monoisotopic (exact) mass is 354 g/mol. The van der Waals surface area contributed by atoms with E-state index in [-0.39, 0.29) is 11.8 Å². The Morgan fingerprint density at radius 3 is 2.52 bits per heavy atom. The van der Waals surface area contributed by atoms with Crippen LogP contribution in [-0.2, 0) is 16.1 Å². The van der Waals surface area contributed by atoms with Crippen LogP contribution in [-0.4, -0.2) is 28.9 Å². The fourth-order valence-corrected chi connectivity index (χ4v) is 3.41. The average Bonchev–Trinajstić information content (AvgIpc) is 3.12. The van der Waals surface area contributed by atoms with Crippen molar-refractivity contribution in [3.05, 3.63) is 64.7 Å². The highest BCUT2D eigenvalue weighted by molar-refractivity contribution is 6.36. The quantitative estimate of drug-likeness (QED) is 0.795. The number of benzene rings is 2. The summed E-state index contributed by atoms with van der Waals surface area (Å²) >= 11 is 6.16. The van der Waals surface area contributed by atoms with Gasteiger partial charge in [0.05, 0.1) is 17.3 Å². The van der Waals surface area contributed by atoms with Gasteiger partial charge in [-0.15, -0.1) is 0 Å². The minimum absolute atomic E-state index is 0.346. The van der Waals surface area contributed by atoms with E-state index < -0.39 is 12.1 Å². The van der Waals surface area contributed by atoms with Gasteiger partial charge in [0.15, 0.2) is 12.1 Å². The number of hydrogen-bond donors (Lipinski definition) is 0. The number of nitrogens with zero attached hydrogens (tertiary/aromatic N) is 4. The van der Waals surface area contributed by atoms with E-state index in [0.29, 0.717) is 17.3 Å². The largest absolute Gasteiger partial charge is 0.271 e. The molecule has 2 aromatic carbocycles. The van der Waals surface area contributed by atoms with E-state index in [2.05, 4.69) is 10.3 Å². The summed E-state index contributed by atoms with van der Waals surface area (Å²) in [6, 6.07) is 13.1. The number of carbonyl (C=O) groups excluding carboxylic acids is 2. The van der Waals surface area contributed by atoms with E-state index in [4.69, 9.17) is 11.6 Å². The van der Waals surface area contributed by atoms with Crippen molar-refractivity contribution < 1.29 is 9.59 Å². The Labute approximate surface area is 149 Å². The number of fused-ring (bicyclic) bond motifs is 1. The molecule has 126 valence electrons. The molecule has 7 heteroatoms. The molecule has 0 bridgehead atoms. The molecule has 0 aliphatic carbocycles. The smallest absolute Gasteiger partial charge is 0.263 e. The average molecular weight is 355 g/mol. The highest BCUT2D eigenvalue weighted by Crippen LogP contribution is 2.35. The van der Waals surface area contributed by atoms with Crippen LogP contribution in [0.1, 0.15) is 11.1 Å². The molecular weight excluding hydrogens is 340 g/mol. The second-order valence-corrected chi connectivity index (χ2v) is 6.49. The molecule has 6 nitrogen and oxygen atoms in total. The predicted octanol–water partition coefficient (Wildman–Crippen LogP) is 3.14. The first-order valence-corrected chi connectivity index (χ1v) is 8.30. The van der Waals surface area contributed by atoms with Crippen LogP contribution in [0.15, 0.2) is 58.9 Å². The number of anilines is 1. The molecule has 0 unspecified atom stereocenters. The molecule has 2 aliphatic heterocycles. The summed E-state index contributed by atoms with van der Waals surface area (Å²) in [6.45, 7) is 2.42. The summed E-state index contributed by atoms with van der Waals surface area (Å²) in [5.74, 6) is -0.735. The zero-order chi connectivity index (χ0) is 17.6. The second kappa shape index (κ2) is 5.97. The Kier molecular flexibility index (Phi) is 3.77. The third-order valence-electron chi connectivity index (χ3n) is 4.54. The number of carbonyl (C=O) groups is 2. The Balaban J connectivity index is 1.64. The Bertz CT molecular complexity index is 898. The number of amides is 2. The summed E-state index contributed by atoms with van der Waals surface area (Å²) in [5, 5.41) is 10.0. The van der Waals surface area contributed by atoms with E-state index in [1.54, 1.807) is 29.3 Å². The first-order valence-electron chi connectivity index (χ1n) is 7.92. The Morgan fingerprint density at radius 1 is 1.04 bits per heavy atom. The summed E-state index contributed by atoms with van der Waals surface area (Å²) < 4.78 is 0. The zero-order valence-electron chi connectivity index (χ0n) is 13.5. The molecule has 0 saturated carbocycles. The standard InChI is InChI=1S/C18H15ClN4O2/c1-11-6-2-3-7-12(11)10-22-16-15(20-21-22)17(24)23(18(16)25)14-9-5-4-8-13(14)19/h2-9,15-16H,10H2,1H3/t15-,16+/m0/s1. The molecule has 0 radical (unpaired) electrons. The lowest BCUT2D eigenvalue weighted by molar-refractivity contribution is -0.123. The normalized spacial score (nSPS) is 22.0. The summed E-state index contributed by atoms with van der Waals surface area (Å²) in [4.78, 5) is 26.7. The number of aryl methyl sites for hydroxylation is 1. The Morgan fingerprint density at radius 2 is 1.76 bits per heavy atom. The number of halogens is 1. The van der Waals surface area contributed by atoms with Gasteiger partial charge in [0.25, 0.3) is 11.8 Å². The molecule has 0 spiro atoms. The molecule has 2 amide bonds. The maximum atomic E-state index is 12.9. The molecule has 4 rings (SSSR count). The van der Waals surface area contributed by atoms with E-state index in [0.717, 1.165) is 16.0 Å². The van der Waals surface area contributed by atoms with Crippen molar-refractivity contribution in [1.82, 2.24) is 5.01 Å². The number of para-hydroxylation sites is 1. The van der Waals surface area contributed by atoms with Gasteiger partial charge in [-0.1, -0.05) is 53.2 Å². The van der Waals surface area contributed by atoms with Gasteiger partial charge in [0, 0.05) is 0 Å². The van der Waals surface area contributed by atoms with Crippen molar-refractivity contribution in [1.29, 1.82) is 0 Å². The van der Waals surface area contributed by atoms with Gasteiger partial charge >= 0.3 is 0 Å². The minimum atomic E-state index is -0.812. The highest BCUT2D eigenvalue weighted by Gasteiger charge is 2.55. The topological polar surface area (TPSA) is 65.3 Å². The molecule has 2 aromatic rings. The predicted molar refractivity (Wildman–Crippen MR) is 93.1 cm³/mol. The van der Waals surface area contributed by atoms with Crippen LogP contribution < -0.4 is 4.90 Å². The van der Waals surface area contributed by atoms with E-state index >= 15 is 0 Å². The summed E-state index contributed by atoms with van der Waals surface area (Å²) in [5.41, 5.74) is 2.53. The Hall–Kier alpha value is -2.73. The van der Waals surface area contributed by atoms with Crippen molar-refractivity contribution >= 4 is 29.1 Å². The van der Waals surface area contributed by atoms with Crippen LogP contribution in [0.2, 0.25) is 5.02 Å². The highest BCUT2D eigenvalue weighted by atomic mass is 35.5. The van der Waals surface area contributed by atoms with Crippen molar-refractivity contribution in [3.8, 4) is 0 Å². The number of rotatable bonds is 3. The molecule has 25 heavy (non-hydrogen) atoms. The van der Waals surface area contributed by atoms with Crippen molar-refractivity contribution in [2.24, 2.45) is 10.3 Å². The molecule has 0 N–H and O–H groups in total. The first kappa shape index (κ1) is 15.8.